The highest BCUT2D eigenvalue weighted by atomic mass is 19.3. The van der Waals surface area contributed by atoms with E-state index in [-0.39, 0.29) is 90.9 Å². The minimum Gasteiger partial charge on any atom is -0.362 e. The molecule has 3 aromatic carbocycles. The summed E-state index contributed by atoms with van der Waals surface area (Å²) in [6, 6.07) is 24.7. The van der Waals surface area contributed by atoms with Crippen molar-refractivity contribution in [1.29, 1.82) is 0 Å². The molecule has 12 atom stereocenters. The largest absolute Gasteiger partial charge is 0.362 e. The van der Waals surface area contributed by atoms with Crippen LogP contribution < -0.4 is 21.3 Å². The number of allylic oxidation sites excluding steroid dienone is 2. The molecule has 6 N–H and O–H groups in total. The molecule has 8 fully saturated rings. The molecule has 24 heteroatoms. The number of alkyl halides is 6. The second-order valence-corrected chi connectivity index (χ2v) is 41.3. The number of rotatable bonds is 19. The lowest BCUT2D eigenvalue weighted by Gasteiger charge is -2.53. The summed E-state index contributed by atoms with van der Waals surface area (Å²) in [5.41, 5.74) is 4.09. The monoisotopic (exact) mass is 1620 g/mol. The summed E-state index contributed by atoms with van der Waals surface area (Å²) in [5.74, 6) is -5.01. The van der Waals surface area contributed by atoms with E-state index in [1.54, 1.807) is 33.9 Å². The number of hydrogen-bond acceptors (Lipinski definition) is 12. The maximum atomic E-state index is 14.5. The van der Waals surface area contributed by atoms with Crippen molar-refractivity contribution in [2.75, 3.05) is 26.4 Å². The highest BCUT2D eigenvalue weighted by Crippen LogP contribution is 2.59. The van der Waals surface area contributed by atoms with Gasteiger partial charge < -0.3 is 50.2 Å². The van der Waals surface area contributed by atoms with Crippen molar-refractivity contribution in [2.24, 2.45) is 31.6 Å². The zero-order valence-electron chi connectivity index (χ0n) is 71.9. The summed E-state index contributed by atoms with van der Waals surface area (Å²) in [5, 5.41) is 12.6. The van der Waals surface area contributed by atoms with Gasteiger partial charge in [0.1, 0.15) is 58.6 Å². The first-order chi connectivity index (χ1) is 54.3. The molecule has 0 spiro atoms. The van der Waals surface area contributed by atoms with Crippen LogP contribution in [-0.2, 0) is 49.0 Å². The van der Waals surface area contributed by atoms with Gasteiger partial charge >= 0.3 is 0 Å². The van der Waals surface area contributed by atoms with Crippen molar-refractivity contribution < 1.29 is 64.5 Å². The van der Waals surface area contributed by atoms with Crippen molar-refractivity contribution in [2.45, 2.75) is 326 Å². The number of H-pyrrole nitrogens is 2. The molecule has 4 aliphatic carbocycles. The molecule has 2 bridgehead atoms. The number of nitrogens with one attached hydrogen (secondary N) is 6. The molecular formula is C93H124F6N10O8. The Morgan fingerprint density at radius 3 is 1.09 bits per heavy atom. The number of benzene rings is 3. The molecule has 8 heterocycles. The second kappa shape index (κ2) is 31.3. The van der Waals surface area contributed by atoms with E-state index in [9.17, 15) is 45.5 Å². The molecule has 2 aromatic heterocycles. The first-order valence-corrected chi connectivity index (χ1v) is 42.2. The Bertz CT molecular complexity index is 4580. The molecule has 15 rings (SSSR count). The smallest absolute Gasteiger partial charge is 0.271 e. The number of carbonyl (C=O) groups excluding carboxylic acids is 4. The van der Waals surface area contributed by atoms with Gasteiger partial charge in [-0.05, 0) is 208 Å². The Morgan fingerprint density at radius 1 is 0.402 bits per heavy atom. The Labute approximate surface area is 686 Å². The van der Waals surface area contributed by atoms with Crippen molar-refractivity contribution >= 4 is 46.2 Å². The third-order valence-electron chi connectivity index (χ3n) is 27.0. The summed E-state index contributed by atoms with van der Waals surface area (Å²) in [6.45, 7) is 32.6. The molecule has 4 saturated heterocycles. The number of halogens is 6. The van der Waals surface area contributed by atoms with Crippen LogP contribution >= 0.6 is 0 Å². The number of amides is 4. The van der Waals surface area contributed by atoms with Crippen LogP contribution in [-0.4, -0.2) is 139 Å². The number of aromatic nitrogens is 4. The van der Waals surface area contributed by atoms with Gasteiger partial charge in [-0.25, -0.2) is 36.3 Å². The summed E-state index contributed by atoms with van der Waals surface area (Å²) >= 11 is 0. The highest BCUT2D eigenvalue weighted by molar-refractivity contribution is 6.05. The standard InChI is InChI=1S/C47H60F3N5O4.C46H64F3N5O4/c1-42(2,3)37(54-40(56)45(8)19-18-44(7,48)26-58-45)35-22-32(24-51-35)28-10-12-29(13-11-28)33-23-34(33)30-14-16-31(17-15-30)36-25-52-39(53-36)38(43(4,5)6)55-41(57)46(9)20-21-47(49,50)27-59-46;1-39(2,3)34(53-37(55)42(8)15-14-41(7,47)27-57-42)32-24-30(25-50-32)29-10-12-31(13-11-29)44-17-20-45(21-18-44,22-19-44)33-26-51-36(52-33)35(40(4,5)6)54-38(56)43(9)16-23-46(48,49)28-58-43/h10-17,24-25,33-34,37-38H,18-23,26-27H2,1-9H3,(H,52,53)(H,54,56)(H,55,57);10-13,25-26,34-35H,14-24,27-28H2,1-9H3,(H,51,52)(H,53,55)(H,54,56)/t33-,34-,37-,38-,44?,45-,46-;34-,35-,41?,42-,43-,44?,45?/m11/s1. The molecule has 5 aromatic rings. The van der Waals surface area contributed by atoms with Gasteiger partial charge in [0.05, 0.1) is 49.3 Å². The lowest BCUT2D eigenvalue weighted by molar-refractivity contribution is -0.190. The quantitative estimate of drug-likeness (QED) is 0.0428. The third kappa shape index (κ3) is 19.0. The fraction of sp³-hybridized carbons (Fsp3) is 0.634. The SMILES string of the molecule is CC1(F)CC[C@](C)(C(=O)N[C@H](C2=NC=C(c3ccc(C45CCC(c6cnc([C@@H](NC(=O)[C@@]7(C)CCC(F)(F)CO7)C(C)(C)C)[nH]6)(CC4)CC5)cc3)C2)C(C)(C)C)OC1.CC1(F)CC[C@](C)(C(=O)N[C@H](C2=NC=C(c3ccc([C@H]4C[C@@H]4c4ccc(-c5cnc([C@@H](NC(=O)[C@@]6(C)CCC(F)(F)CO6)C(C)(C)C)[nH]5)cc4)cc3)C2)C(C)(C)C)OC1. The van der Waals surface area contributed by atoms with E-state index >= 15 is 0 Å². The van der Waals surface area contributed by atoms with Crippen LogP contribution in [0.15, 0.2) is 108 Å². The molecule has 117 heavy (non-hydrogen) atoms. The molecule has 4 amide bonds. The number of hydrogen-bond donors (Lipinski definition) is 6. The molecule has 2 unspecified atom stereocenters. The van der Waals surface area contributed by atoms with Crippen molar-refractivity contribution in [3.63, 3.8) is 0 Å². The van der Waals surface area contributed by atoms with Crippen LogP contribution in [0.5, 0.6) is 0 Å². The van der Waals surface area contributed by atoms with Crippen LogP contribution in [0.25, 0.3) is 22.4 Å². The maximum absolute atomic E-state index is 14.5. The van der Waals surface area contributed by atoms with Gasteiger partial charge in [0.15, 0.2) is 0 Å². The summed E-state index contributed by atoms with van der Waals surface area (Å²) in [6.07, 6.45) is 16.5. The van der Waals surface area contributed by atoms with Crippen molar-refractivity contribution in [3.05, 3.63) is 143 Å². The number of aromatic amines is 2. The number of imidazole rings is 2. The average molecular weight is 1620 g/mol. The molecular weight excluding hydrogens is 1500 g/mol. The van der Waals surface area contributed by atoms with Crippen LogP contribution in [0.2, 0.25) is 0 Å². The molecule has 4 saturated carbocycles. The minimum absolute atomic E-state index is 0.0147. The number of fused-ring (bicyclic) bond motifs is 3. The van der Waals surface area contributed by atoms with Gasteiger partial charge in [0.25, 0.3) is 35.5 Å². The van der Waals surface area contributed by atoms with Gasteiger partial charge in [-0.15, -0.1) is 0 Å². The number of aliphatic imine (C=N–C) groups is 2. The lowest BCUT2D eigenvalue weighted by Crippen LogP contribution is -2.58. The summed E-state index contributed by atoms with van der Waals surface area (Å²) in [7, 11) is 0. The van der Waals surface area contributed by atoms with E-state index in [2.05, 4.69) is 151 Å². The number of carbonyl (C=O) groups is 4. The zero-order valence-corrected chi connectivity index (χ0v) is 71.9. The van der Waals surface area contributed by atoms with Crippen LogP contribution in [0, 0.1) is 21.7 Å². The Kier molecular flexibility index (Phi) is 23.3. The maximum Gasteiger partial charge on any atom is 0.271 e. The lowest BCUT2D eigenvalue weighted by atomic mass is 9.51. The van der Waals surface area contributed by atoms with Gasteiger partial charge in [-0.3, -0.25) is 29.2 Å². The average Bonchev–Trinajstić information content (AvgIpc) is 1.70. The molecule has 636 valence electrons. The van der Waals surface area contributed by atoms with E-state index in [0.717, 1.165) is 95.6 Å². The van der Waals surface area contributed by atoms with E-state index in [1.165, 1.54) is 30.5 Å². The topological polar surface area (TPSA) is 235 Å². The summed E-state index contributed by atoms with van der Waals surface area (Å²) in [4.78, 5) is 80.0. The fourth-order valence-corrected chi connectivity index (χ4v) is 18.2. The van der Waals surface area contributed by atoms with Crippen LogP contribution in [0.3, 0.4) is 0 Å². The minimum atomic E-state index is -2.93. The zero-order chi connectivity index (χ0) is 84.9. The highest BCUT2D eigenvalue weighted by Gasteiger charge is 2.55. The molecule has 10 aliphatic rings. The van der Waals surface area contributed by atoms with Gasteiger partial charge in [-0.1, -0.05) is 156 Å². The van der Waals surface area contributed by atoms with Gasteiger partial charge in [0, 0.05) is 66.8 Å². The Hall–Kier alpha value is -7.80. The van der Waals surface area contributed by atoms with E-state index in [0.29, 0.717) is 49.2 Å². The fourth-order valence-electron chi connectivity index (χ4n) is 18.2. The van der Waals surface area contributed by atoms with Gasteiger partial charge in [0.2, 0.25) is 0 Å². The predicted molar refractivity (Wildman–Crippen MR) is 443 cm³/mol. The predicted octanol–water partition coefficient (Wildman–Crippen LogP) is 19.1. The van der Waals surface area contributed by atoms with Crippen LogP contribution in [0.1, 0.15) is 303 Å². The second-order valence-electron chi connectivity index (χ2n) is 41.3. The first kappa shape index (κ1) is 87.0. The molecule has 6 aliphatic heterocycles. The number of nitrogens with zero attached hydrogens (tertiary/aromatic N) is 4. The third-order valence-corrected chi connectivity index (χ3v) is 27.0. The van der Waals surface area contributed by atoms with Crippen molar-refractivity contribution in [3.8, 4) is 11.3 Å². The normalized spacial score (nSPS) is 31.4. The Morgan fingerprint density at radius 2 is 0.735 bits per heavy atom. The number of ether oxygens (including phenoxy) is 4. The van der Waals surface area contributed by atoms with Gasteiger partial charge in [-0.2, -0.15) is 0 Å². The molecule has 0 radical (unpaired) electrons. The van der Waals surface area contributed by atoms with E-state index in [1.807, 2.05) is 60.1 Å². The van der Waals surface area contributed by atoms with E-state index < -0.39 is 99.9 Å². The summed E-state index contributed by atoms with van der Waals surface area (Å²) < 4.78 is 107. The molecule has 18 nitrogen and oxygen atoms in total. The Balaban J connectivity index is 0.000000203. The van der Waals surface area contributed by atoms with Crippen molar-refractivity contribution in [1.82, 2.24) is 41.2 Å². The van der Waals surface area contributed by atoms with E-state index in [4.69, 9.17) is 33.9 Å². The van der Waals surface area contributed by atoms with Crippen LogP contribution in [0.4, 0.5) is 26.3 Å². The first-order valence-electron chi connectivity index (χ1n) is 42.2.